The summed E-state index contributed by atoms with van der Waals surface area (Å²) in [4.78, 5) is 22.8. The molecular formula is C22H21ClN5O5P. The molecule has 0 aliphatic carbocycles. The zero-order chi connectivity index (χ0) is 23.7. The number of fused-ring (bicyclic) bond motifs is 1. The van der Waals surface area contributed by atoms with Crippen LogP contribution in [0, 0.1) is 0 Å². The SMILES string of the molecule is Nc1nc2c(nc(Cl)n2CC2CCC(P(=O)(Oc3ccccc3)Oc3ccccc3)O2)c(=O)[nH]1. The first-order valence-corrected chi connectivity index (χ1v) is 12.6. The Hall–Kier alpha value is -3.33. The van der Waals surface area contributed by atoms with E-state index in [1.165, 1.54) is 0 Å². The Morgan fingerprint density at radius 3 is 2.29 bits per heavy atom. The minimum absolute atomic E-state index is 0.0439. The van der Waals surface area contributed by atoms with Crippen LogP contribution >= 0.6 is 19.2 Å². The highest BCUT2D eigenvalue weighted by Gasteiger charge is 2.45. The van der Waals surface area contributed by atoms with E-state index in [4.69, 9.17) is 31.1 Å². The highest BCUT2D eigenvalue weighted by atomic mass is 35.5. The first kappa shape index (κ1) is 22.5. The van der Waals surface area contributed by atoms with E-state index in [0.29, 0.717) is 24.3 Å². The number of nitrogen functional groups attached to an aromatic ring is 1. The number of imidazole rings is 1. The first-order valence-electron chi connectivity index (χ1n) is 10.6. The van der Waals surface area contributed by atoms with Crippen LogP contribution in [0.3, 0.4) is 0 Å². The topological polar surface area (TPSA) is 134 Å². The molecule has 176 valence electrons. The van der Waals surface area contributed by atoms with Crippen LogP contribution in [0.2, 0.25) is 5.28 Å². The van der Waals surface area contributed by atoms with E-state index in [1.807, 2.05) is 12.1 Å². The predicted octanol–water partition coefficient (Wildman–Crippen LogP) is 4.21. The molecule has 4 aromatic rings. The summed E-state index contributed by atoms with van der Waals surface area (Å²) in [6.45, 7) is 0.235. The van der Waals surface area contributed by atoms with Crippen molar-refractivity contribution < 1.29 is 18.3 Å². The summed E-state index contributed by atoms with van der Waals surface area (Å²) in [6, 6.07) is 17.6. The Morgan fingerprint density at radius 1 is 1.06 bits per heavy atom. The average Bonchev–Trinajstić information content (AvgIpc) is 3.41. The van der Waals surface area contributed by atoms with Gasteiger partial charge in [-0.05, 0) is 48.7 Å². The molecule has 3 heterocycles. The van der Waals surface area contributed by atoms with Crippen LogP contribution < -0.4 is 20.3 Å². The van der Waals surface area contributed by atoms with Crippen LogP contribution in [0.25, 0.3) is 11.2 Å². The highest BCUT2D eigenvalue weighted by molar-refractivity contribution is 7.55. The molecule has 0 bridgehead atoms. The van der Waals surface area contributed by atoms with Crippen LogP contribution in [-0.2, 0) is 15.8 Å². The van der Waals surface area contributed by atoms with Crippen molar-refractivity contribution in [1.82, 2.24) is 19.5 Å². The van der Waals surface area contributed by atoms with Gasteiger partial charge in [-0.1, -0.05) is 36.4 Å². The van der Waals surface area contributed by atoms with Crippen LogP contribution in [0.4, 0.5) is 5.95 Å². The van der Waals surface area contributed by atoms with Crippen molar-refractivity contribution in [2.24, 2.45) is 0 Å². The van der Waals surface area contributed by atoms with Gasteiger partial charge in [-0.15, -0.1) is 0 Å². The van der Waals surface area contributed by atoms with Gasteiger partial charge in [0.1, 0.15) is 11.5 Å². The lowest BCUT2D eigenvalue weighted by Crippen LogP contribution is -2.21. The number of para-hydroxylation sites is 2. The lowest BCUT2D eigenvalue weighted by atomic mass is 10.2. The molecule has 2 atom stereocenters. The molecule has 12 heteroatoms. The van der Waals surface area contributed by atoms with E-state index < -0.39 is 25.1 Å². The zero-order valence-electron chi connectivity index (χ0n) is 17.8. The fourth-order valence-electron chi connectivity index (χ4n) is 3.81. The molecule has 1 aliphatic heterocycles. The van der Waals surface area contributed by atoms with Gasteiger partial charge in [0.2, 0.25) is 11.2 Å². The number of H-pyrrole nitrogens is 1. The number of rotatable bonds is 7. The van der Waals surface area contributed by atoms with Crippen molar-refractivity contribution in [3.8, 4) is 11.5 Å². The van der Waals surface area contributed by atoms with Crippen molar-refractivity contribution >= 4 is 36.3 Å². The summed E-state index contributed by atoms with van der Waals surface area (Å²) < 4.78 is 33.5. The number of benzene rings is 2. The van der Waals surface area contributed by atoms with Crippen LogP contribution in [0.1, 0.15) is 12.8 Å². The molecule has 2 unspecified atom stereocenters. The number of anilines is 1. The van der Waals surface area contributed by atoms with Crippen molar-refractivity contribution in [3.63, 3.8) is 0 Å². The molecule has 0 radical (unpaired) electrons. The molecule has 10 nitrogen and oxygen atoms in total. The summed E-state index contributed by atoms with van der Waals surface area (Å²) in [6.07, 6.45) is 0.594. The second kappa shape index (κ2) is 9.13. The summed E-state index contributed by atoms with van der Waals surface area (Å²) in [5.74, 6) is -0.0295. The van der Waals surface area contributed by atoms with Gasteiger partial charge < -0.3 is 19.5 Å². The number of hydrogen-bond acceptors (Lipinski definition) is 8. The summed E-state index contributed by atoms with van der Waals surface area (Å²) in [5.41, 5.74) is 5.54. The molecule has 1 saturated heterocycles. The number of aromatic nitrogens is 4. The van der Waals surface area contributed by atoms with Gasteiger partial charge in [-0.3, -0.25) is 14.3 Å². The molecule has 0 saturated carbocycles. The van der Waals surface area contributed by atoms with Gasteiger partial charge in [0.05, 0.1) is 12.6 Å². The number of nitrogens with one attached hydrogen (secondary N) is 1. The molecular weight excluding hydrogens is 481 g/mol. The van der Waals surface area contributed by atoms with Gasteiger partial charge in [0, 0.05) is 0 Å². The van der Waals surface area contributed by atoms with Crippen molar-refractivity contribution in [3.05, 3.63) is 76.3 Å². The number of nitrogens with zero attached hydrogens (tertiary/aromatic N) is 3. The Labute approximate surface area is 199 Å². The lowest BCUT2D eigenvalue weighted by molar-refractivity contribution is 0.0641. The Kier molecular flexibility index (Phi) is 6.03. The number of hydrogen-bond donors (Lipinski definition) is 2. The third-order valence-electron chi connectivity index (χ3n) is 5.35. The Morgan fingerprint density at radius 2 is 1.68 bits per heavy atom. The second-order valence-electron chi connectivity index (χ2n) is 7.75. The quantitative estimate of drug-likeness (QED) is 0.284. The monoisotopic (exact) mass is 501 g/mol. The highest BCUT2D eigenvalue weighted by Crippen LogP contribution is 2.57. The molecule has 1 fully saturated rings. The molecule has 5 rings (SSSR count). The third-order valence-corrected chi connectivity index (χ3v) is 7.66. The minimum atomic E-state index is -3.78. The lowest BCUT2D eigenvalue weighted by Gasteiger charge is -2.25. The number of halogens is 1. The zero-order valence-corrected chi connectivity index (χ0v) is 19.5. The van der Waals surface area contributed by atoms with Gasteiger partial charge in [0.15, 0.2) is 17.0 Å². The normalized spacial score (nSPS) is 18.3. The fraction of sp³-hybridized carbons (Fsp3) is 0.227. The average molecular weight is 502 g/mol. The summed E-state index contributed by atoms with van der Waals surface area (Å²) in [7, 11) is -3.78. The van der Waals surface area contributed by atoms with Crippen molar-refractivity contribution in [1.29, 1.82) is 0 Å². The standard InChI is InChI=1S/C22H21ClN5O5P/c23-21-25-18-19(26-22(24)27-20(18)29)28(21)13-16-11-12-17(31-16)34(30,32-14-7-3-1-4-8-14)33-15-9-5-2-6-10-15/h1-10,16-17H,11-13H2,(H3,24,26,27,29). The van der Waals surface area contributed by atoms with E-state index in [-0.39, 0.29) is 28.9 Å². The number of aromatic amines is 1. The smallest absolute Gasteiger partial charge is 0.414 e. The van der Waals surface area contributed by atoms with E-state index >= 15 is 0 Å². The van der Waals surface area contributed by atoms with Crippen LogP contribution in [0.5, 0.6) is 11.5 Å². The molecule has 3 N–H and O–H groups in total. The van der Waals surface area contributed by atoms with Crippen molar-refractivity contribution in [2.75, 3.05) is 5.73 Å². The Balaban J connectivity index is 1.40. The van der Waals surface area contributed by atoms with E-state index in [1.54, 1.807) is 53.1 Å². The van der Waals surface area contributed by atoms with E-state index in [2.05, 4.69) is 15.0 Å². The maximum Gasteiger partial charge on any atom is 0.459 e. The second-order valence-corrected chi connectivity index (χ2v) is 10.1. The van der Waals surface area contributed by atoms with Crippen LogP contribution in [0.15, 0.2) is 65.5 Å². The fourth-order valence-corrected chi connectivity index (χ4v) is 5.94. The molecule has 0 amide bonds. The molecule has 2 aromatic heterocycles. The molecule has 1 aliphatic rings. The largest absolute Gasteiger partial charge is 0.459 e. The van der Waals surface area contributed by atoms with E-state index in [9.17, 15) is 9.36 Å². The van der Waals surface area contributed by atoms with E-state index in [0.717, 1.165) is 0 Å². The maximum absolute atomic E-state index is 14.0. The van der Waals surface area contributed by atoms with Crippen molar-refractivity contribution in [2.45, 2.75) is 31.3 Å². The predicted molar refractivity (Wildman–Crippen MR) is 127 cm³/mol. The number of ether oxygens (including phenoxy) is 1. The summed E-state index contributed by atoms with van der Waals surface area (Å²) in [5, 5.41) is 0.0786. The molecule has 2 aromatic carbocycles. The molecule has 34 heavy (non-hydrogen) atoms. The maximum atomic E-state index is 14.0. The van der Waals surface area contributed by atoms with Gasteiger partial charge in [0.25, 0.3) is 5.56 Å². The number of nitrogens with two attached hydrogens (primary N) is 1. The Bertz CT molecular complexity index is 1370. The summed E-state index contributed by atoms with van der Waals surface area (Å²) >= 11 is 6.27. The first-order chi connectivity index (χ1) is 16.4. The van der Waals surface area contributed by atoms with Crippen LogP contribution in [-0.4, -0.2) is 31.5 Å². The minimum Gasteiger partial charge on any atom is -0.414 e. The van der Waals surface area contributed by atoms with Gasteiger partial charge >= 0.3 is 7.60 Å². The third kappa shape index (κ3) is 4.52. The van der Waals surface area contributed by atoms with Gasteiger partial charge in [-0.2, -0.15) is 4.98 Å². The molecule has 0 spiro atoms. The van der Waals surface area contributed by atoms with Gasteiger partial charge in [-0.25, -0.2) is 9.55 Å².